The van der Waals surface area contributed by atoms with Crippen LogP contribution in [0.25, 0.3) is 0 Å². The van der Waals surface area contributed by atoms with Gasteiger partial charge >= 0.3 is 0 Å². The van der Waals surface area contributed by atoms with E-state index < -0.39 is 0 Å². The molecule has 0 amide bonds. The van der Waals surface area contributed by atoms with Crippen molar-refractivity contribution in [3.05, 3.63) is 12.2 Å². The first kappa shape index (κ1) is 13.0. The minimum Gasteiger partial charge on any atom is -0.292 e. The van der Waals surface area contributed by atoms with E-state index in [1.807, 2.05) is 4.68 Å². The highest BCUT2D eigenvalue weighted by atomic mass is 79.9. The molecule has 1 atom stereocenters. The number of aromatic nitrogens is 3. The van der Waals surface area contributed by atoms with Crippen molar-refractivity contribution in [2.45, 2.75) is 51.7 Å². The van der Waals surface area contributed by atoms with Crippen LogP contribution in [0.15, 0.2) is 6.33 Å². The largest absolute Gasteiger partial charge is 0.292 e. The molecule has 1 aliphatic heterocycles. The molecule has 0 radical (unpaired) electrons. The fraction of sp³-hybridized carbons (Fsp3) is 0.833. The van der Waals surface area contributed by atoms with E-state index in [4.69, 9.17) is 0 Å². The molecule has 96 valence electrons. The number of nitrogens with zero attached hydrogens (tertiary/aromatic N) is 4. The molecular formula is C12H21BrN4. The van der Waals surface area contributed by atoms with Crippen LogP contribution in [0.1, 0.15) is 45.0 Å². The Balaban J connectivity index is 2.05. The molecular weight excluding hydrogens is 280 g/mol. The van der Waals surface area contributed by atoms with Gasteiger partial charge in [-0.3, -0.25) is 4.90 Å². The monoisotopic (exact) mass is 300 g/mol. The average molecular weight is 301 g/mol. The summed E-state index contributed by atoms with van der Waals surface area (Å²) in [4.78, 5) is 6.92. The first-order valence-electron chi connectivity index (χ1n) is 6.40. The normalized spacial score (nSPS) is 22.2. The molecule has 0 saturated carbocycles. The number of hydrogen-bond donors (Lipinski definition) is 0. The number of halogens is 1. The van der Waals surface area contributed by atoms with Crippen LogP contribution in [0, 0.1) is 0 Å². The number of hydrogen-bond acceptors (Lipinski definition) is 3. The lowest BCUT2D eigenvalue weighted by atomic mass is 10.0. The second kappa shape index (κ2) is 5.96. The SMILES string of the molecule is CC(C)n1ncnc1CN1CCCCC1CBr. The van der Waals surface area contributed by atoms with Crippen LogP contribution in [0.4, 0.5) is 0 Å². The maximum atomic E-state index is 4.40. The van der Waals surface area contributed by atoms with Crippen molar-refractivity contribution < 1.29 is 0 Å². The van der Waals surface area contributed by atoms with Crippen LogP contribution >= 0.6 is 15.9 Å². The molecule has 2 heterocycles. The van der Waals surface area contributed by atoms with E-state index in [1.165, 1.54) is 25.8 Å². The van der Waals surface area contributed by atoms with Crippen LogP contribution < -0.4 is 0 Å². The molecule has 1 aromatic rings. The van der Waals surface area contributed by atoms with E-state index in [0.717, 1.165) is 17.7 Å². The van der Waals surface area contributed by atoms with Crippen molar-refractivity contribution in [2.75, 3.05) is 11.9 Å². The van der Waals surface area contributed by atoms with Gasteiger partial charge in [0.2, 0.25) is 0 Å². The van der Waals surface area contributed by atoms with Gasteiger partial charge in [0.1, 0.15) is 12.2 Å². The molecule has 0 spiro atoms. The molecule has 0 aliphatic carbocycles. The zero-order chi connectivity index (χ0) is 12.3. The summed E-state index contributed by atoms with van der Waals surface area (Å²) in [6.45, 7) is 6.41. The maximum Gasteiger partial charge on any atom is 0.141 e. The van der Waals surface area contributed by atoms with Crippen LogP contribution in [0.3, 0.4) is 0 Å². The standard InChI is InChI=1S/C12H21BrN4/c1-10(2)17-12(14-9-15-17)8-16-6-4-3-5-11(16)7-13/h9-11H,3-8H2,1-2H3. The summed E-state index contributed by atoms with van der Waals surface area (Å²) >= 11 is 3.62. The summed E-state index contributed by atoms with van der Waals surface area (Å²) < 4.78 is 2.03. The van der Waals surface area contributed by atoms with E-state index in [0.29, 0.717) is 12.1 Å². The Morgan fingerprint density at radius 1 is 1.47 bits per heavy atom. The zero-order valence-corrected chi connectivity index (χ0v) is 12.2. The molecule has 4 nitrogen and oxygen atoms in total. The third kappa shape index (κ3) is 3.07. The lowest BCUT2D eigenvalue weighted by Gasteiger charge is -2.34. The molecule has 17 heavy (non-hydrogen) atoms. The molecule has 5 heteroatoms. The number of rotatable bonds is 4. The molecule has 1 unspecified atom stereocenters. The van der Waals surface area contributed by atoms with Crippen LogP contribution in [0.2, 0.25) is 0 Å². The molecule has 1 saturated heterocycles. The Bertz CT molecular complexity index is 350. The summed E-state index contributed by atoms with van der Waals surface area (Å²) in [5.74, 6) is 1.09. The first-order chi connectivity index (χ1) is 8.22. The van der Waals surface area contributed by atoms with Crippen molar-refractivity contribution >= 4 is 15.9 Å². The van der Waals surface area contributed by atoms with E-state index in [-0.39, 0.29) is 0 Å². The maximum absolute atomic E-state index is 4.40. The minimum atomic E-state index is 0.389. The fourth-order valence-corrected chi connectivity index (χ4v) is 3.18. The Kier molecular flexibility index (Phi) is 4.56. The lowest BCUT2D eigenvalue weighted by Crippen LogP contribution is -2.40. The van der Waals surface area contributed by atoms with Gasteiger partial charge in [0.25, 0.3) is 0 Å². The summed E-state index contributed by atoms with van der Waals surface area (Å²) in [6.07, 6.45) is 5.62. The summed E-state index contributed by atoms with van der Waals surface area (Å²) in [6, 6.07) is 1.04. The fourth-order valence-electron chi connectivity index (χ4n) is 2.44. The number of likely N-dealkylation sites (tertiary alicyclic amines) is 1. The Morgan fingerprint density at radius 2 is 2.29 bits per heavy atom. The van der Waals surface area contributed by atoms with E-state index >= 15 is 0 Å². The molecule has 1 fully saturated rings. The number of piperidine rings is 1. The topological polar surface area (TPSA) is 34.0 Å². The van der Waals surface area contributed by atoms with Crippen molar-refractivity contribution in [3.63, 3.8) is 0 Å². The summed E-state index contributed by atoms with van der Waals surface area (Å²) in [7, 11) is 0. The van der Waals surface area contributed by atoms with Crippen LogP contribution in [0.5, 0.6) is 0 Å². The molecule has 0 N–H and O–H groups in total. The van der Waals surface area contributed by atoms with Crippen molar-refractivity contribution in [3.8, 4) is 0 Å². The van der Waals surface area contributed by atoms with Gasteiger partial charge in [0.15, 0.2) is 0 Å². The minimum absolute atomic E-state index is 0.389. The Labute approximate surface area is 112 Å². The van der Waals surface area contributed by atoms with Gasteiger partial charge in [0.05, 0.1) is 6.54 Å². The molecule has 2 rings (SSSR count). The van der Waals surface area contributed by atoms with Gasteiger partial charge in [-0.15, -0.1) is 0 Å². The van der Waals surface area contributed by atoms with Crippen molar-refractivity contribution in [1.29, 1.82) is 0 Å². The quantitative estimate of drug-likeness (QED) is 0.802. The third-order valence-electron chi connectivity index (χ3n) is 3.41. The second-order valence-corrected chi connectivity index (χ2v) is 5.64. The predicted molar refractivity (Wildman–Crippen MR) is 72.3 cm³/mol. The molecule has 1 aromatic heterocycles. The second-order valence-electron chi connectivity index (χ2n) is 4.99. The smallest absolute Gasteiger partial charge is 0.141 e. The predicted octanol–water partition coefficient (Wildman–Crippen LogP) is 2.61. The third-order valence-corrected chi connectivity index (χ3v) is 4.16. The van der Waals surface area contributed by atoms with Gasteiger partial charge in [-0.1, -0.05) is 22.4 Å². The van der Waals surface area contributed by atoms with E-state index in [2.05, 4.69) is 44.8 Å². The van der Waals surface area contributed by atoms with Gasteiger partial charge in [-0.05, 0) is 33.2 Å². The highest BCUT2D eigenvalue weighted by Gasteiger charge is 2.23. The van der Waals surface area contributed by atoms with Crippen LogP contribution in [-0.2, 0) is 6.54 Å². The average Bonchev–Trinajstić information content (AvgIpc) is 2.78. The van der Waals surface area contributed by atoms with Gasteiger partial charge in [-0.25, -0.2) is 9.67 Å². The summed E-state index contributed by atoms with van der Waals surface area (Å²) in [5, 5.41) is 5.36. The molecule has 1 aliphatic rings. The van der Waals surface area contributed by atoms with E-state index in [1.54, 1.807) is 6.33 Å². The van der Waals surface area contributed by atoms with E-state index in [9.17, 15) is 0 Å². The molecule has 0 bridgehead atoms. The Morgan fingerprint density at radius 3 is 3.00 bits per heavy atom. The van der Waals surface area contributed by atoms with Crippen molar-refractivity contribution in [2.24, 2.45) is 0 Å². The first-order valence-corrected chi connectivity index (χ1v) is 7.53. The van der Waals surface area contributed by atoms with Gasteiger partial charge < -0.3 is 0 Å². The lowest BCUT2D eigenvalue weighted by molar-refractivity contribution is 0.149. The van der Waals surface area contributed by atoms with Gasteiger partial charge in [0, 0.05) is 17.4 Å². The highest BCUT2D eigenvalue weighted by molar-refractivity contribution is 9.09. The highest BCUT2D eigenvalue weighted by Crippen LogP contribution is 2.21. The zero-order valence-electron chi connectivity index (χ0n) is 10.6. The van der Waals surface area contributed by atoms with Crippen LogP contribution in [-0.4, -0.2) is 37.6 Å². The Hall–Kier alpha value is -0.420. The number of alkyl halides is 1. The molecule has 0 aromatic carbocycles. The van der Waals surface area contributed by atoms with Gasteiger partial charge in [-0.2, -0.15) is 5.10 Å². The summed E-state index contributed by atoms with van der Waals surface area (Å²) in [5.41, 5.74) is 0. The van der Waals surface area contributed by atoms with Crippen molar-refractivity contribution in [1.82, 2.24) is 19.7 Å².